The van der Waals surface area contributed by atoms with Crippen LogP contribution in [0.1, 0.15) is 18.4 Å². The summed E-state index contributed by atoms with van der Waals surface area (Å²) in [4.78, 5) is 2.20. The molecule has 0 spiro atoms. The summed E-state index contributed by atoms with van der Waals surface area (Å²) in [5.74, 6) is 4.23. The molecule has 4 heteroatoms. The van der Waals surface area contributed by atoms with Gasteiger partial charge in [-0.2, -0.15) is 11.8 Å². The van der Waals surface area contributed by atoms with Gasteiger partial charge in [-0.3, -0.25) is 0 Å². The molecule has 0 saturated heterocycles. The Hall–Kier alpha value is -0.450. The molecule has 16 heavy (non-hydrogen) atoms. The van der Waals surface area contributed by atoms with Crippen molar-refractivity contribution >= 4 is 11.8 Å². The van der Waals surface area contributed by atoms with Crippen LogP contribution in [0.5, 0.6) is 0 Å². The third kappa shape index (κ3) is 5.58. The van der Waals surface area contributed by atoms with Crippen molar-refractivity contribution < 1.29 is 4.42 Å². The lowest BCUT2D eigenvalue weighted by atomic mass is 10.4. The zero-order valence-corrected chi connectivity index (χ0v) is 11.3. The molecular weight excluding hydrogens is 220 g/mol. The molecule has 1 aromatic heterocycles. The largest absolute Gasteiger partial charge is 0.464 e. The van der Waals surface area contributed by atoms with Crippen molar-refractivity contribution in [1.82, 2.24) is 10.2 Å². The molecule has 0 aliphatic rings. The van der Waals surface area contributed by atoms with Crippen LogP contribution in [0.4, 0.5) is 0 Å². The molecule has 0 amide bonds. The van der Waals surface area contributed by atoms with Gasteiger partial charge in [0.15, 0.2) is 0 Å². The van der Waals surface area contributed by atoms with E-state index in [0.29, 0.717) is 0 Å². The first-order valence-corrected chi connectivity index (χ1v) is 6.88. The molecule has 0 bridgehead atoms. The van der Waals surface area contributed by atoms with E-state index < -0.39 is 0 Å². The Morgan fingerprint density at radius 1 is 1.31 bits per heavy atom. The Morgan fingerprint density at radius 3 is 2.75 bits per heavy atom. The number of hydrogen-bond donors (Lipinski definition) is 1. The fourth-order valence-corrected chi connectivity index (χ4v) is 2.26. The first-order chi connectivity index (χ1) is 7.72. The summed E-state index contributed by atoms with van der Waals surface area (Å²) in [6.07, 6.45) is 0. The first kappa shape index (κ1) is 13.6. The normalized spacial score (nSPS) is 11.2. The fraction of sp³-hybridized carbons (Fsp3) is 0.667. The van der Waals surface area contributed by atoms with Crippen molar-refractivity contribution in [2.75, 3.05) is 32.9 Å². The lowest BCUT2D eigenvalue weighted by molar-refractivity contribution is 0.437. The summed E-state index contributed by atoms with van der Waals surface area (Å²) in [5.41, 5.74) is 0. The second-order valence-electron chi connectivity index (χ2n) is 4.00. The van der Waals surface area contributed by atoms with E-state index in [1.807, 2.05) is 11.8 Å². The summed E-state index contributed by atoms with van der Waals surface area (Å²) in [6.45, 7) is 5.03. The monoisotopic (exact) mass is 242 g/mol. The number of thioether (sulfide) groups is 1. The first-order valence-electron chi connectivity index (χ1n) is 5.73. The van der Waals surface area contributed by atoms with Crippen molar-refractivity contribution in [1.29, 1.82) is 0 Å². The zero-order chi connectivity index (χ0) is 11.8. The predicted molar refractivity (Wildman–Crippen MR) is 70.8 cm³/mol. The van der Waals surface area contributed by atoms with Crippen LogP contribution in [0.3, 0.4) is 0 Å². The van der Waals surface area contributed by atoms with E-state index in [4.69, 9.17) is 4.42 Å². The van der Waals surface area contributed by atoms with Crippen molar-refractivity contribution in [3.8, 4) is 0 Å². The molecule has 1 heterocycles. The van der Waals surface area contributed by atoms with Crippen molar-refractivity contribution in [2.45, 2.75) is 19.2 Å². The Morgan fingerprint density at radius 2 is 2.06 bits per heavy atom. The standard InChI is InChI=1S/C12H22N2OS/c1-4-13-9-11-5-6-12(15-11)10-16-8-7-14(2)3/h5-6,13H,4,7-10H2,1-3H3. The van der Waals surface area contributed by atoms with Gasteiger partial charge >= 0.3 is 0 Å². The van der Waals surface area contributed by atoms with E-state index in [1.165, 1.54) is 0 Å². The van der Waals surface area contributed by atoms with E-state index in [1.54, 1.807) is 0 Å². The quantitative estimate of drug-likeness (QED) is 0.707. The number of nitrogens with one attached hydrogen (secondary N) is 1. The molecule has 0 aliphatic heterocycles. The van der Waals surface area contributed by atoms with E-state index in [2.05, 4.69) is 43.4 Å². The van der Waals surface area contributed by atoms with Crippen LogP contribution in [0.25, 0.3) is 0 Å². The molecule has 92 valence electrons. The number of rotatable bonds is 8. The molecule has 1 rings (SSSR count). The van der Waals surface area contributed by atoms with Gasteiger partial charge in [0.2, 0.25) is 0 Å². The van der Waals surface area contributed by atoms with Gasteiger partial charge in [0.05, 0.1) is 12.3 Å². The van der Waals surface area contributed by atoms with Crippen molar-refractivity contribution in [3.63, 3.8) is 0 Å². The topological polar surface area (TPSA) is 28.4 Å². The van der Waals surface area contributed by atoms with Crippen LogP contribution in [-0.2, 0) is 12.3 Å². The summed E-state index contributed by atoms with van der Waals surface area (Å²) in [6, 6.07) is 4.14. The van der Waals surface area contributed by atoms with Crippen LogP contribution in [0, 0.1) is 0 Å². The van der Waals surface area contributed by atoms with E-state index in [-0.39, 0.29) is 0 Å². The lowest BCUT2D eigenvalue weighted by Gasteiger charge is -2.07. The van der Waals surface area contributed by atoms with Gasteiger partial charge < -0.3 is 14.6 Å². The van der Waals surface area contributed by atoms with Crippen LogP contribution in [-0.4, -0.2) is 37.8 Å². The molecule has 0 radical (unpaired) electrons. The zero-order valence-electron chi connectivity index (χ0n) is 10.5. The minimum absolute atomic E-state index is 0.832. The van der Waals surface area contributed by atoms with E-state index in [9.17, 15) is 0 Å². The molecular formula is C12H22N2OS. The van der Waals surface area contributed by atoms with E-state index in [0.717, 1.165) is 42.7 Å². The molecule has 0 aliphatic carbocycles. The van der Waals surface area contributed by atoms with Crippen LogP contribution >= 0.6 is 11.8 Å². The second kappa shape index (κ2) is 7.76. The van der Waals surface area contributed by atoms with Crippen molar-refractivity contribution in [3.05, 3.63) is 23.7 Å². The molecule has 0 atom stereocenters. The highest BCUT2D eigenvalue weighted by molar-refractivity contribution is 7.98. The molecule has 0 aromatic carbocycles. The molecule has 1 N–H and O–H groups in total. The third-order valence-corrected chi connectivity index (χ3v) is 3.15. The lowest BCUT2D eigenvalue weighted by Crippen LogP contribution is -2.14. The maximum absolute atomic E-state index is 5.70. The Labute approximate surface area is 103 Å². The summed E-state index contributed by atoms with van der Waals surface area (Å²) >= 11 is 1.92. The van der Waals surface area contributed by atoms with Gasteiger partial charge in [0.25, 0.3) is 0 Å². The molecule has 1 aromatic rings. The second-order valence-corrected chi connectivity index (χ2v) is 5.11. The van der Waals surface area contributed by atoms with Crippen LogP contribution in [0.15, 0.2) is 16.5 Å². The molecule has 0 saturated carbocycles. The van der Waals surface area contributed by atoms with Crippen LogP contribution < -0.4 is 5.32 Å². The van der Waals surface area contributed by atoms with Gasteiger partial charge in [-0.15, -0.1) is 0 Å². The van der Waals surface area contributed by atoms with Gasteiger partial charge in [-0.25, -0.2) is 0 Å². The minimum Gasteiger partial charge on any atom is -0.464 e. The summed E-state index contributed by atoms with van der Waals surface area (Å²) < 4.78 is 5.70. The predicted octanol–water partition coefficient (Wildman–Crippen LogP) is 2.18. The number of furan rings is 1. The third-order valence-electron chi connectivity index (χ3n) is 2.19. The summed E-state index contributed by atoms with van der Waals surface area (Å²) in [7, 11) is 4.20. The van der Waals surface area contributed by atoms with Gasteiger partial charge in [0, 0.05) is 12.3 Å². The smallest absolute Gasteiger partial charge is 0.117 e. The highest BCUT2D eigenvalue weighted by Gasteiger charge is 2.01. The minimum atomic E-state index is 0.832. The highest BCUT2D eigenvalue weighted by Crippen LogP contribution is 2.15. The number of nitrogens with zero attached hydrogens (tertiary/aromatic N) is 1. The van der Waals surface area contributed by atoms with Crippen LogP contribution in [0.2, 0.25) is 0 Å². The molecule has 3 nitrogen and oxygen atoms in total. The SMILES string of the molecule is CCNCc1ccc(CSCCN(C)C)o1. The van der Waals surface area contributed by atoms with Gasteiger partial charge in [0.1, 0.15) is 11.5 Å². The highest BCUT2D eigenvalue weighted by atomic mass is 32.2. The maximum atomic E-state index is 5.70. The molecule has 0 fully saturated rings. The average molecular weight is 242 g/mol. The summed E-state index contributed by atoms with van der Waals surface area (Å²) in [5, 5.41) is 3.25. The molecule has 0 unspecified atom stereocenters. The maximum Gasteiger partial charge on any atom is 0.117 e. The Bertz CT molecular complexity index is 286. The Kier molecular flexibility index (Phi) is 6.61. The van der Waals surface area contributed by atoms with Gasteiger partial charge in [-0.05, 0) is 32.8 Å². The van der Waals surface area contributed by atoms with Gasteiger partial charge in [-0.1, -0.05) is 6.92 Å². The fourth-order valence-electron chi connectivity index (χ4n) is 1.26. The average Bonchev–Trinajstić information content (AvgIpc) is 2.69. The van der Waals surface area contributed by atoms with Crippen molar-refractivity contribution in [2.24, 2.45) is 0 Å². The van der Waals surface area contributed by atoms with E-state index >= 15 is 0 Å². The number of hydrogen-bond acceptors (Lipinski definition) is 4. The Balaban J connectivity index is 2.19.